The van der Waals surface area contributed by atoms with Crippen LogP contribution in [0.15, 0.2) is 29.0 Å². The Labute approximate surface area is 114 Å². The van der Waals surface area contributed by atoms with Gasteiger partial charge in [-0.15, -0.1) is 0 Å². The predicted octanol–water partition coefficient (Wildman–Crippen LogP) is 3.14. The molecule has 0 amide bonds. The van der Waals surface area contributed by atoms with Gasteiger partial charge in [0.2, 0.25) is 0 Å². The number of hydrogen-bond donors (Lipinski definition) is 0. The number of hydrogen-bond acceptors (Lipinski definition) is 3. The Morgan fingerprint density at radius 2 is 2.17 bits per heavy atom. The van der Waals surface area contributed by atoms with Crippen molar-refractivity contribution in [2.24, 2.45) is 0 Å². The maximum Gasteiger partial charge on any atom is 0.326 e. The Bertz CT molecular complexity index is 584. The van der Waals surface area contributed by atoms with Crippen LogP contribution in [0.5, 0.6) is 0 Å². The third-order valence-electron chi connectivity index (χ3n) is 2.30. The number of ether oxygens (including phenoxy) is 1. The number of benzene rings is 1. The summed E-state index contributed by atoms with van der Waals surface area (Å²) in [4.78, 5) is 16.0. The molecule has 2 aromatic rings. The van der Waals surface area contributed by atoms with Crippen molar-refractivity contribution in [3.8, 4) is 0 Å². The van der Waals surface area contributed by atoms with Crippen molar-refractivity contribution in [3.05, 3.63) is 29.0 Å². The van der Waals surface area contributed by atoms with E-state index in [1.165, 1.54) is 0 Å². The van der Waals surface area contributed by atoms with Gasteiger partial charge in [0.1, 0.15) is 12.1 Å². The molecule has 0 aliphatic carbocycles. The summed E-state index contributed by atoms with van der Waals surface area (Å²) in [5.74, 6) is -0.260. The molecule has 0 radical (unpaired) electrons. The lowest BCUT2D eigenvalue weighted by Gasteiger charge is -2.19. The molecule has 1 heterocycles. The maximum atomic E-state index is 11.8. The molecule has 0 fully saturated rings. The summed E-state index contributed by atoms with van der Waals surface area (Å²) in [5, 5.41) is 0. The Morgan fingerprint density at radius 1 is 1.44 bits per heavy atom. The van der Waals surface area contributed by atoms with Crippen LogP contribution in [0.3, 0.4) is 0 Å². The fourth-order valence-electron chi connectivity index (χ4n) is 1.68. The third kappa shape index (κ3) is 3.10. The van der Waals surface area contributed by atoms with E-state index in [9.17, 15) is 4.79 Å². The van der Waals surface area contributed by atoms with Crippen LogP contribution >= 0.6 is 15.9 Å². The van der Waals surface area contributed by atoms with Crippen LogP contribution in [0.1, 0.15) is 20.8 Å². The molecule has 0 unspecified atom stereocenters. The van der Waals surface area contributed by atoms with E-state index >= 15 is 0 Å². The highest BCUT2D eigenvalue weighted by Gasteiger charge is 2.17. The summed E-state index contributed by atoms with van der Waals surface area (Å²) in [5.41, 5.74) is 1.31. The first-order valence-electron chi connectivity index (χ1n) is 5.67. The van der Waals surface area contributed by atoms with E-state index in [4.69, 9.17) is 4.74 Å². The van der Waals surface area contributed by atoms with Crippen molar-refractivity contribution < 1.29 is 9.53 Å². The Balaban J connectivity index is 2.20. The zero-order valence-electron chi connectivity index (χ0n) is 10.6. The molecule has 0 bridgehead atoms. The number of carbonyl (C=O) groups excluding carboxylic acids is 1. The van der Waals surface area contributed by atoms with E-state index in [-0.39, 0.29) is 12.5 Å². The SMILES string of the molecule is CC(C)(C)OC(=O)Cn1cnc2cc(Br)ccc21. The second-order valence-corrected chi connectivity index (χ2v) is 6.01. The molecule has 2 rings (SSSR count). The van der Waals surface area contributed by atoms with Crippen molar-refractivity contribution in [2.45, 2.75) is 32.9 Å². The molecule has 0 saturated carbocycles. The number of nitrogens with zero attached hydrogens (tertiary/aromatic N) is 2. The topological polar surface area (TPSA) is 44.1 Å². The predicted molar refractivity (Wildman–Crippen MR) is 73.3 cm³/mol. The summed E-state index contributed by atoms with van der Waals surface area (Å²) < 4.78 is 8.04. The largest absolute Gasteiger partial charge is 0.459 e. The maximum absolute atomic E-state index is 11.8. The fourth-order valence-corrected chi connectivity index (χ4v) is 2.02. The van der Waals surface area contributed by atoms with Gasteiger partial charge in [0.05, 0.1) is 17.4 Å². The number of halogens is 1. The minimum atomic E-state index is -0.462. The third-order valence-corrected chi connectivity index (χ3v) is 2.80. The van der Waals surface area contributed by atoms with E-state index in [1.54, 1.807) is 10.9 Å². The van der Waals surface area contributed by atoms with Crippen LogP contribution in [-0.4, -0.2) is 21.1 Å². The van der Waals surface area contributed by atoms with Crippen LogP contribution in [0, 0.1) is 0 Å². The van der Waals surface area contributed by atoms with Gasteiger partial charge in [0.15, 0.2) is 0 Å². The summed E-state index contributed by atoms with van der Waals surface area (Å²) in [7, 11) is 0. The minimum absolute atomic E-state index is 0.176. The van der Waals surface area contributed by atoms with Gasteiger partial charge in [-0.1, -0.05) is 15.9 Å². The Morgan fingerprint density at radius 3 is 2.83 bits per heavy atom. The van der Waals surface area contributed by atoms with Gasteiger partial charge in [-0.25, -0.2) is 4.98 Å². The molecule has 0 aliphatic heterocycles. The van der Waals surface area contributed by atoms with Gasteiger partial charge in [-0.2, -0.15) is 0 Å². The lowest BCUT2D eigenvalue weighted by atomic mass is 10.2. The van der Waals surface area contributed by atoms with E-state index in [2.05, 4.69) is 20.9 Å². The van der Waals surface area contributed by atoms with Gasteiger partial charge in [-0.05, 0) is 39.0 Å². The molecule has 1 aromatic heterocycles. The molecular weight excluding hydrogens is 296 g/mol. The lowest BCUT2D eigenvalue weighted by molar-refractivity contribution is -0.155. The van der Waals surface area contributed by atoms with Gasteiger partial charge in [0.25, 0.3) is 0 Å². The number of carbonyl (C=O) groups is 1. The molecule has 5 heteroatoms. The molecule has 4 nitrogen and oxygen atoms in total. The molecular formula is C13H15BrN2O2. The van der Waals surface area contributed by atoms with E-state index in [0.29, 0.717) is 0 Å². The molecule has 0 atom stereocenters. The fraction of sp³-hybridized carbons (Fsp3) is 0.385. The first-order chi connectivity index (χ1) is 8.35. The van der Waals surface area contributed by atoms with E-state index in [1.807, 2.05) is 39.0 Å². The molecule has 1 aromatic carbocycles. The van der Waals surface area contributed by atoms with E-state index < -0.39 is 5.60 Å². The number of esters is 1. The molecule has 0 aliphatic rings. The smallest absolute Gasteiger partial charge is 0.326 e. The Hall–Kier alpha value is -1.36. The summed E-state index contributed by atoms with van der Waals surface area (Å²) >= 11 is 3.39. The van der Waals surface area contributed by atoms with Gasteiger partial charge >= 0.3 is 5.97 Å². The highest BCUT2D eigenvalue weighted by molar-refractivity contribution is 9.10. The quantitative estimate of drug-likeness (QED) is 0.800. The standard InChI is InChI=1S/C13H15BrN2O2/c1-13(2,3)18-12(17)7-16-8-15-10-6-9(14)4-5-11(10)16/h4-6,8H,7H2,1-3H3. The highest BCUT2D eigenvalue weighted by atomic mass is 79.9. The average Bonchev–Trinajstić information content (AvgIpc) is 2.57. The van der Waals surface area contributed by atoms with Crippen molar-refractivity contribution in [1.82, 2.24) is 9.55 Å². The summed E-state index contributed by atoms with van der Waals surface area (Å²) in [6.45, 7) is 5.74. The van der Waals surface area contributed by atoms with Crippen molar-refractivity contribution in [3.63, 3.8) is 0 Å². The van der Waals surface area contributed by atoms with Crippen LogP contribution < -0.4 is 0 Å². The Kier molecular flexibility index (Phi) is 3.43. The zero-order valence-corrected chi connectivity index (χ0v) is 12.2. The van der Waals surface area contributed by atoms with Gasteiger partial charge in [-0.3, -0.25) is 4.79 Å². The van der Waals surface area contributed by atoms with E-state index in [0.717, 1.165) is 15.5 Å². The molecule has 0 N–H and O–H groups in total. The van der Waals surface area contributed by atoms with Crippen molar-refractivity contribution in [1.29, 1.82) is 0 Å². The van der Waals surface area contributed by atoms with Crippen molar-refractivity contribution in [2.75, 3.05) is 0 Å². The first-order valence-corrected chi connectivity index (χ1v) is 6.47. The summed E-state index contributed by atoms with van der Waals surface area (Å²) in [6, 6.07) is 5.77. The summed E-state index contributed by atoms with van der Waals surface area (Å²) in [6.07, 6.45) is 1.65. The number of fused-ring (bicyclic) bond motifs is 1. The second kappa shape index (κ2) is 4.72. The number of aromatic nitrogens is 2. The first kappa shape index (κ1) is 13.1. The lowest BCUT2D eigenvalue weighted by Crippen LogP contribution is -2.26. The van der Waals surface area contributed by atoms with Crippen LogP contribution in [0.2, 0.25) is 0 Å². The minimum Gasteiger partial charge on any atom is -0.459 e. The van der Waals surface area contributed by atoms with Crippen molar-refractivity contribution >= 4 is 32.9 Å². The zero-order chi connectivity index (χ0) is 13.3. The molecule has 18 heavy (non-hydrogen) atoms. The monoisotopic (exact) mass is 310 g/mol. The normalized spacial score (nSPS) is 11.8. The molecule has 96 valence electrons. The van der Waals surface area contributed by atoms with Crippen LogP contribution in [-0.2, 0) is 16.1 Å². The number of imidazole rings is 1. The van der Waals surface area contributed by atoms with Crippen LogP contribution in [0.25, 0.3) is 11.0 Å². The number of rotatable bonds is 2. The second-order valence-electron chi connectivity index (χ2n) is 5.09. The average molecular weight is 311 g/mol. The van der Waals surface area contributed by atoms with Crippen LogP contribution in [0.4, 0.5) is 0 Å². The molecule has 0 saturated heterocycles. The van der Waals surface area contributed by atoms with Gasteiger partial charge < -0.3 is 9.30 Å². The highest BCUT2D eigenvalue weighted by Crippen LogP contribution is 2.19. The van der Waals surface area contributed by atoms with Gasteiger partial charge in [0, 0.05) is 4.47 Å². The molecule has 0 spiro atoms.